The molecule has 4 aromatic carbocycles. The first kappa shape index (κ1) is 29.5. The maximum atomic E-state index is 4.81. The summed E-state index contributed by atoms with van der Waals surface area (Å²) >= 11 is -0.106. The van der Waals surface area contributed by atoms with Gasteiger partial charge in [-0.15, -0.1) is 12.4 Å². The molecule has 0 aliphatic rings. The van der Waals surface area contributed by atoms with Crippen LogP contribution in [0.5, 0.6) is 0 Å². The van der Waals surface area contributed by atoms with Crippen LogP contribution in [0.4, 0.5) is 0 Å². The summed E-state index contributed by atoms with van der Waals surface area (Å²) in [5, 5.41) is 5.97. The Balaban J connectivity index is 0.000000970. The van der Waals surface area contributed by atoms with Crippen molar-refractivity contribution in [2.24, 2.45) is 0 Å². The quantitative estimate of drug-likeness (QED) is 0.0995. The molecule has 0 saturated carbocycles. The number of benzene rings is 4. The SMILES string of the molecule is Cl.[Cl][Pd][Cl].c1ccc(P(CCCCP(c2ccccc2)c2ccccc2)c2ccccc2)cc1. The van der Waals surface area contributed by atoms with Gasteiger partial charge in [-0.05, 0) is 62.2 Å². The molecule has 0 spiro atoms. The van der Waals surface area contributed by atoms with Gasteiger partial charge in [0.1, 0.15) is 0 Å². The molecule has 0 unspecified atom stereocenters. The van der Waals surface area contributed by atoms with Crippen molar-refractivity contribution in [3.05, 3.63) is 121 Å². The van der Waals surface area contributed by atoms with Crippen LogP contribution in [0.1, 0.15) is 12.8 Å². The summed E-state index contributed by atoms with van der Waals surface area (Å²) in [6, 6.07) is 44.3. The van der Waals surface area contributed by atoms with E-state index >= 15 is 0 Å². The maximum Gasteiger partial charge on any atom is -0.0195 e. The predicted octanol–water partition coefficient (Wildman–Crippen LogP) is 7.83. The summed E-state index contributed by atoms with van der Waals surface area (Å²) in [5.41, 5.74) is 0. The van der Waals surface area contributed by atoms with Crippen LogP contribution in [0.25, 0.3) is 0 Å². The molecule has 0 fully saturated rings. The fraction of sp³-hybridized carbons (Fsp3) is 0.143. The van der Waals surface area contributed by atoms with E-state index in [-0.39, 0.29) is 44.2 Å². The molecule has 0 bridgehead atoms. The number of halogens is 3. The summed E-state index contributed by atoms with van der Waals surface area (Å²) in [6.45, 7) is 0. The monoisotopic (exact) mass is 638 g/mol. The minimum atomic E-state index is -0.283. The van der Waals surface area contributed by atoms with Gasteiger partial charge in [-0.3, -0.25) is 0 Å². The molecule has 6 heteroatoms. The fourth-order valence-electron chi connectivity index (χ4n) is 3.79. The van der Waals surface area contributed by atoms with Gasteiger partial charge in [0.25, 0.3) is 0 Å². The van der Waals surface area contributed by atoms with E-state index in [0.29, 0.717) is 0 Å². The van der Waals surface area contributed by atoms with Crippen LogP contribution in [-0.4, -0.2) is 12.3 Å². The number of hydrogen-bond donors (Lipinski definition) is 0. The number of rotatable bonds is 9. The van der Waals surface area contributed by atoms with E-state index in [2.05, 4.69) is 121 Å². The van der Waals surface area contributed by atoms with Gasteiger partial charge in [0.2, 0.25) is 0 Å². The van der Waals surface area contributed by atoms with Crippen molar-refractivity contribution >= 4 is 68.5 Å². The van der Waals surface area contributed by atoms with Gasteiger partial charge >= 0.3 is 35.0 Å². The Hall–Kier alpha value is -0.728. The minimum absolute atomic E-state index is 0. The Bertz CT molecular complexity index is 858. The second-order valence-electron chi connectivity index (χ2n) is 7.40. The van der Waals surface area contributed by atoms with Gasteiger partial charge in [0.05, 0.1) is 0 Å². The van der Waals surface area contributed by atoms with Crippen LogP contribution in [0.3, 0.4) is 0 Å². The number of hydrogen-bond acceptors (Lipinski definition) is 0. The topological polar surface area (TPSA) is 0 Å². The molecule has 0 amide bonds. The summed E-state index contributed by atoms with van der Waals surface area (Å²) in [4.78, 5) is 0. The van der Waals surface area contributed by atoms with Crippen molar-refractivity contribution in [2.75, 3.05) is 12.3 Å². The Morgan fingerprint density at radius 3 is 0.853 bits per heavy atom. The van der Waals surface area contributed by atoms with Crippen molar-refractivity contribution < 1.29 is 15.9 Å². The smallest absolute Gasteiger partial charge is 0.0195 e. The van der Waals surface area contributed by atoms with Crippen LogP contribution in [0.15, 0.2) is 121 Å². The van der Waals surface area contributed by atoms with Crippen LogP contribution in [0.2, 0.25) is 0 Å². The largest absolute Gasteiger partial charge is 0.0622 e. The standard InChI is InChI=1S/C28H28P2.3ClH.Pd/c1-5-15-25(16-6-1)29(26-17-7-2-8-18-26)23-13-14-24-30(27-19-9-3-10-20-27)28-21-11-4-12-22-28;;;;/h1-12,15-22H,13-14,23-24H2;3*1H;/q;;;;+2/p-2. The zero-order chi connectivity index (χ0) is 23.1. The zero-order valence-electron chi connectivity index (χ0n) is 18.8. The summed E-state index contributed by atoms with van der Waals surface area (Å²) in [5.74, 6) is 0. The van der Waals surface area contributed by atoms with Crippen LogP contribution in [-0.2, 0) is 15.9 Å². The first-order valence-corrected chi connectivity index (χ1v) is 18.0. The molecule has 0 radical (unpaired) electrons. The Labute approximate surface area is 229 Å². The van der Waals surface area contributed by atoms with E-state index < -0.39 is 0 Å². The van der Waals surface area contributed by atoms with E-state index in [4.69, 9.17) is 19.1 Å². The Morgan fingerprint density at radius 2 is 0.647 bits per heavy atom. The van der Waals surface area contributed by atoms with Gasteiger partial charge in [-0.2, -0.15) is 0 Å². The van der Waals surface area contributed by atoms with E-state index in [0.717, 1.165) is 0 Å². The second-order valence-corrected chi connectivity index (χ2v) is 14.4. The molecule has 0 heterocycles. The zero-order valence-corrected chi connectivity index (χ0v) is 24.4. The molecular formula is C28H29Cl3P2Pd. The first-order chi connectivity index (χ1) is 16.3. The summed E-state index contributed by atoms with van der Waals surface area (Å²) in [6.07, 6.45) is 5.06. The molecular weight excluding hydrogens is 611 g/mol. The molecule has 0 atom stereocenters. The molecule has 182 valence electrons. The van der Waals surface area contributed by atoms with Crippen LogP contribution >= 0.6 is 47.3 Å². The third kappa shape index (κ3) is 9.73. The maximum absolute atomic E-state index is 4.81. The van der Waals surface area contributed by atoms with Crippen LogP contribution < -0.4 is 21.2 Å². The van der Waals surface area contributed by atoms with Crippen LogP contribution in [0, 0.1) is 0 Å². The van der Waals surface area contributed by atoms with Gasteiger partial charge in [0, 0.05) is 0 Å². The molecule has 0 aromatic heterocycles. The molecule has 4 rings (SSSR count). The van der Waals surface area contributed by atoms with E-state index in [9.17, 15) is 0 Å². The summed E-state index contributed by atoms with van der Waals surface area (Å²) < 4.78 is 0. The van der Waals surface area contributed by atoms with E-state index in [1.165, 1.54) is 46.4 Å². The van der Waals surface area contributed by atoms with Crippen molar-refractivity contribution in [3.8, 4) is 0 Å². The van der Waals surface area contributed by atoms with Crippen molar-refractivity contribution in [2.45, 2.75) is 12.8 Å². The first-order valence-electron chi connectivity index (χ1n) is 10.9. The molecule has 0 N–H and O–H groups in total. The van der Waals surface area contributed by atoms with Crippen molar-refractivity contribution in [3.63, 3.8) is 0 Å². The van der Waals surface area contributed by atoms with Crippen molar-refractivity contribution in [1.29, 1.82) is 0 Å². The molecule has 0 aliphatic heterocycles. The average molecular weight is 640 g/mol. The molecule has 4 aromatic rings. The van der Waals surface area contributed by atoms with Crippen molar-refractivity contribution in [1.82, 2.24) is 0 Å². The Morgan fingerprint density at radius 1 is 0.441 bits per heavy atom. The fourth-order valence-corrected chi connectivity index (χ4v) is 8.62. The predicted molar refractivity (Wildman–Crippen MR) is 156 cm³/mol. The van der Waals surface area contributed by atoms with Gasteiger partial charge < -0.3 is 0 Å². The van der Waals surface area contributed by atoms with Gasteiger partial charge in [-0.1, -0.05) is 121 Å². The average Bonchev–Trinajstić information content (AvgIpc) is 2.89. The van der Waals surface area contributed by atoms with Gasteiger partial charge in [0.15, 0.2) is 0 Å². The molecule has 34 heavy (non-hydrogen) atoms. The van der Waals surface area contributed by atoms with E-state index in [1.54, 1.807) is 0 Å². The second kappa shape index (κ2) is 17.7. The normalized spacial score (nSPS) is 10.5. The third-order valence-corrected chi connectivity index (χ3v) is 10.5. The van der Waals surface area contributed by atoms with Gasteiger partial charge in [-0.25, -0.2) is 0 Å². The molecule has 0 aliphatic carbocycles. The number of unbranched alkanes of at least 4 members (excludes halogenated alkanes) is 1. The third-order valence-electron chi connectivity index (χ3n) is 5.28. The molecule has 0 nitrogen and oxygen atoms in total. The summed E-state index contributed by atoms with van der Waals surface area (Å²) in [7, 11) is 9.06. The minimum Gasteiger partial charge on any atom is -0.0622 e. The molecule has 0 saturated heterocycles. The van der Waals surface area contributed by atoms with E-state index in [1.807, 2.05) is 0 Å². The Kier molecular flexibility index (Phi) is 15.3.